The number of nitrogens with one attached hydrogen (secondary N) is 1. The minimum absolute atomic E-state index is 0.105. The molecule has 0 bridgehead atoms. The summed E-state index contributed by atoms with van der Waals surface area (Å²) in [5.41, 5.74) is 0.113. The van der Waals surface area contributed by atoms with Crippen LogP contribution in [0.1, 0.15) is 13.3 Å². The Morgan fingerprint density at radius 3 is 2.75 bits per heavy atom. The monoisotopic (exact) mass is 286 g/mol. The first-order valence-corrected chi connectivity index (χ1v) is 5.66. The molecule has 1 N–H and O–H groups in total. The third-order valence-electron chi connectivity index (χ3n) is 2.00. The maximum Gasteiger partial charge on any atom is 0.292 e. The highest BCUT2D eigenvalue weighted by molar-refractivity contribution is 9.10. The van der Waals surface area contributed by atoms with Crippen LogP contribution in [0, 0.1) is 10.1 Å². The van der Waals surface area contributed by atoms with E-state index < -0.39 is 4.92 Å². The van der Waals surface area contributed by atoms with Crippen molar-refractivity contribution in [1.29, 1.82) is 0 Å². The van der Waals surface area contributed by atoms with Gasteiger partial charge < -0.3 is 5.32 Å². The van der Waals surface area contributed by atoms with Crippen LogP contribution in [0.25, 0.3) is 0 Å². The SMILES string of the molecule is CCC(Br)C(=O)Nc1ccccc1[N+](=O)[O-]. The summed E-state index contributed by atoms with van der Waals surface area (Å²) < 4.78 is 0. The number of para-hydroxylation sites is 2. The summed E-state index contributed by atoms with van der Waals surface area (Å²) in [6, 6.07) is 6.05. The van der Waals surface area contributed by atoms with Gasteiger partial charge in [0.1, 0.15) is 5.69 Å². The average molecular weight is 287 g/mol. The largest absolute Gasteiger partial charge is 0.319 e. The van der Waals surface area contributed by atoms with Crippen LogP contribution in [0.4, 0.5) is 11.4 Å². The zero-order chi connectivity index (χ0) is 12.1. The molecule has 0 spiro atoms. The van der Waals surface area contributed by atoms with Crippen LogP contribution in [0.5, 0.6) is 0 Å². The van der Waals surface area contributed by atoms with Crippen molar-refractivity contribution in [3.05, 3.63) is 34.4 Å². The molecule has 1 atom stereocenters. The molecular formula is C10H11BrN2O3. The Kier molecular flexibility index (Phi) is 4.42. The Morgan fingerprint density at radius 2 is 2.19 bits per heavy atom. The number of benzene rings is 1. The van der Waals surface area contributed by atoms with E-state index in [4.69, 9.17) is 0 Å². The van der Waals surface area contributed by atoms with Crippen LogP contribution >= 0.6 is 15.9 Å². The van der Waals surface area contributed by atoms with E-state index >= 15 is 0 Å². The van der Waals surface area contributed by atoms with Gasteiger partial charge in [-0.05, 0) is 12.5 Å². The second-order valence-electron chi connectivity index (χ2n) is 3.14. The fourth-order valence-electron chi connectivity index (χ4n) is 1.13. The molecule has 6 heteroatoms. The molecule has 86 valence electrons. The number of hydrogen-bond donors (Lipinski definition) is 1. The molecule has 16 heavy (non-hydrogen) atoms. The predicted octanol–water partition coefficient (Wildman–Crippen LogP) is 2.71. The summed E-state index contributed by atoms with van der Waals surface area (Å²) >= 11 is 3.18. The van der Waals surface area contributed by atoms with Gasteiger partial charge in [-0.1, -0.05) is 35.0 Å². The number of rotatable bonds is 4. The first-order chi connectivity index (χ1) is 7.56. The lowest BCUT2D eigenvalue weighted by molar-refractivity contribution is -0.383. The molecule has 1 rings (SSSR count). The van der Waals surface area contributed by atoms with E-state index in [-0.39, 0.29) is 22.1 Å². The van der Waals surface area contributed by atoms with Gasteiger partial charge in [0.15, 0.2) is 0 Å². The van der Waals surface area contributed by atoms with Crippen molar-refractivity contribution >= 4 is 33.2 Å². The molecule has 0 saturated carbocycles. The van der Waals surface area contributed by atoms with Crippen molar-refractivity contribution < 1.29 is 9.72 Å². The summed E-state index contributed by atoms with van der Waals surface area (Å²) in [4.78, 5) is 21.4. The van der Waals surface area contributed by atoms with Crippen molar-refractivity contribution in [1.82, 2.24) is 0 Å². The van der Waals surface area contributed by atoms with Gasteiger partial charge in [-0.2, -0.15) is 0 Å². The van der Waals surface area contributed by atoms with Gasteiger partial charge in [-0.15, -0.1) is 0 Å². The highest BCUT2D eigenvalue weighted by Crippen LogP contribution is 2.23. The Bertz CT molecular complexity index is 409. The summed E-state index contributed by atoms with van der Waals surface area (Å²) in [7, 11) is 0. The summed E-state index contributed by atoms with van der Waals surface area (Å²) in [6.07, 6.45) is 0.618. The lowest BCUT2D eigenvalue weighted by atomic mass is 10.2. The number of amides is 1. The summed E-state index contributed by atoms with van der Waals surface area (Å²) in [6.45, 7) is 1.85. The third kappa shape index (κ3) is 3.03. The molecule has 0 radical (unpaired) electrons. The average Bonchev–Trinajstić information content (AvgIpc) is 2.28. The third-order valence-corrected chi connectivity index (χ3v) is 3.06. The Balaban J connectivity index is 2.89. The molecule has 1 aromatic carbocycles. The Labute approximate surface area is 101 Å². The molecule has 1 amide bonds. The smallest absolute Gasteiger partial charge is 0.292 e. The standard InChI is InChI=1S/C10H11BrN2O3/c1-2-7(11)10(14)12-8-5-3-4-6-9(8)13(15)16/h3-7H,2H2,1H3,(H,12,14). The number of nitro groups is 1. The summed E-state index contributed by atoms with van der Waals surface area (Å²) in [5.74, 6) is -0.281. The highest BCUT2D eigenvalue weighted by Gasteiger charge is 2.18. The number of anilines is 1. The van der Waals surface area contributed by atoms with Crippen LogP contribution in [-0.2, 0) is 4.79 Å². The van der Waals surface area contributed by atoms with Crippen LogP contribution in [0.15, 0.2) is 24.3 Å². The van der Waals surface area contributed by atoms with E-state index in [0.29, 0.717) is 6.42 Å². The number of carbonyl (C=O) groups excluding carboxylic acids is 1. The lowest BCUT2D eigenvalue weighted by Crippen LogP contribution is -2.22. The van der Waals surface area contributed by atoms with E-state index in [0.717, 1.165) is 0 Å². The van der Waals surface area contributed by atoms with Crippen LogP contribution in [0.2, 0.25) is 0 Å². The molecule has 1 aromatic rings. The van der Waals surface area contributed by atoms with Gasteiger partial charge in [-0.3, -0.25) is 14.9 Å². The first kappa shape index (κ1) is 12.6. The molecule has 1 unspecified atom stereocenters. The number of carbonyl (C=O) groups is 1. The van der Waals surface area contributed by atoms with Crippen molar-refractivity contribution in [3.63, 3.8) is 0 Å². The van der Waals surface area contributed by atoms with Crippen LogP contribution < -0.4 is 5.32 Å². The molecule has 0 aliphatic heterocycles. The normalized spacial score (nSPS) is 11.9. The number of nitro benzene ring substituents is 1. The lowest BCUT2D eigenvalue weighted by Gasteiger charge is -2.08. The van der Waals surface area contributed by atoms with Crippen molar-refractivity contribution in [2.45, 2.75) is 18.2 Å². The van der Waals surface area contributed by atoms with Crippen molar-refractivity contribution in [2.24, 2.45) is 0 Å². The van der Waals surface area contributed by atoms with E-state index in [1.54, 1.807) is 12.1 Å². The maximum absolute atomic E-state index is 11.5. The molecule has 0 fully saturated rings. The second-order valence-corrected chi connectivity index (χ2v) is 4.24. The maximum atomic E-state index is 11.5. The number of nitrogens with zero attached hydrogens (tertiary/aromatic N) is 1. The van der Waals surface area contributed by atoms with E-state index in [2.05, 4.69) is 21.2 Å². The topological polar surface area (TPSA) is 72.2 Å². The quantitative estimate of drug-likeness (QED) is 0.525. The second kappa shape index (κ2) is 5.60. The van der Waals surface area contributed by atoms with Crippen LogP contribution in [-0.4, -0.2) is 15.7 Å². The van der Waals surface area contributed by atoms with Gasteiger partial charge in [0.2, 0.25) is 5.91 Å². The molecule has 0 aliphatic rings. The Hall–Kier alpha value is -1.43. The fraction of sp³-hybridized carbons (Fsp3) is 0.300. The van der Waals surface area contributed by atoms with Gasteiger partial charge in [0.05, 0.1) is 9.75 Å². The first-order valence-electron chi connectivity index (χ1n) is 4.74. The highest BCUT2D eigenvalue weighted by atomic mass is 79.9. The predicted molar refractivity (Wildman–Crippen MR) is 64.7 cm³/mol. The van der Waals surface area contributed by atoms with Gasteiger partial charge in [0, 0.05) is 6.07 Å². The fourth-order valence-corrected chi connectivity index (χ4v) is 1.25. The van der Waals surface area contributed by atoms with E-state index in [9.17, 15) is 14.9 Å². The molecule has 0 aromatic heterocycles. The zero-order valence-electron chi connectivity index (χ0n) is 8.64. The molecule has 0 aliphatic carbocycles. The summed E-state index contributed by atoms with van der Waals surface area (Å²) in [5, 5.41) is 13.2. The van der Waals surface area contributed by atoms with E-state index in [1.165, 1.54) is 12.1 Å². The van der Waals surface area contributed by atoms with Gasteiger partial charge >= 0.3 is 0 Å². The Morgan fingerprint density at radius 1 is 1.56 bits per heavy atom. The van der Waals surface area contributed by atoms with Crippen molar-refractivity contribution in [3.8, 4) is 0 Å². The number of hydrogen-bond acceptors (Lipinski definition) is 3. The molecule has 5 nitrogen and oxygen atoms in total. The van der Waals surface area contributed by atoms with Crippen molar-refractivity contribution in [2.75, 3.05) is 5.32 Å². The molecular weight excluding hydrogens is 276 g/mol. The minimum atomic E-state index is -0.523. The van der Waals surface area contributed by atoms with Gasteiger partial charge in [0.25, 0.3) is 5.69 Å². The zero-order valence-corrected chi connectivity index (χ0v) is 10.2. The van der Waals surface area contributed by atoms with E-state index in [1.807, 2.05) is 6.92 Å². The molecule has 0 heterocycles. The number of alkyl halides is 1. The van der Waals surface area contributed by atoms with Gasteiger partial charge in [-0.25, -0.2) is 0 Å². The number of halogens is 1. The molecule has 0 saturated heterocycles. The van der Waals surface area contributed by atoms with Crippen LogP contribution in [0.3, 0.4) is 0 Å². The minimum Gasteiger partial charge on any atom is -0.319 e.